The van der Waals surface area contributed by atoms with Crippen molar-refractivity contribution in [2.75, 3.05) is 19.0 Å². The molecule has 1 aliphatic carbocycles. The zero-order valence-electron chi connectivity index (χ0n) is 12.2. The maximum atomic E-state index is 6.29. The van der Waals surface area contributed by atoms with Crippen molar-refractivity contribution in [3.8, 4) is 0 Å². The minimum atomic E-state index is 0.224. The van der Waals surface area contributed by atoms with Crippen LogP contribution in [-0.4, -0.2) is 14.1 Å². The Morgan fingerprint density at radius 3 is 2.50 bits per heavy atom. The largest absolute Gasteiger partial charge is 0.378 e. The Morgan fingerprint density at radius 2 is 1.94 bits per heavy atom. The van der Waals surface area contributed by atoms with E-state index in [9.17, 15) is 0 Å². The van der Waals surface area contributed by atoms with Crippen molar-refractivity contribution in [3.63, 3.8) is 0 Å². The highest BCUT2D eigenvalue weighted by Gasteiger charge is 2.36. The van der Waals surface area contributed by atoms with Gasteiger partial charge in [0.1, 0.15) is 0 Å². The fourth-order valence-corrected chi connectivity index (χ4v) is 3.31. The number of anilines is 1. The minimum absolute atomic E-state index is 0.224. The average Bonchev–Trinajstić information content (AvgIpc) is 2.39. The van der Waals surface area contributed by atoms with Crippen molar-refractivity contribution < 1.29 is 0 Å². The standard InChI is InChI=1S/C16H26N2/c1-5-16(6-2)10-9-15(17)13-8-7-12(18(3)4)11-14(13)16/h7-8,11,15H,5-6,9-10,17H2,1-4H3. The molecule has 2 N–H and O–H groups in total. The van der Waals surface area contributed by atoms with Gasteiger partial charge < -0.3 is 10.6 Å². The summed E-state index contributed by atoms with van der Waals surface area (Å²) in [5, 5.41) is 0. The number of hydrogen-bond acceptors (Lipinski definition) is 2. The topological polar surface area (TPSA) is 29.3 Å². The lowest BCUT2D eigenvalue weighted by molar-refractivity contribution is 0.315. The molecular weight excluding hydrogens is 220 g/mol. The number of fused-ring (bicyclic) bond motifs is 1. The van der Waals surface area contributed by atoms with Crippen molar-refractivity contribution >= 4 is 5.69 Å². The molecule has 0 spiro atoms. The maximum absolute atomic E-state index is 6.29. The fourth-order valence-electron chi connectivity index (χ4n) is 3.31. The highest BCUT2D eigenvalue weighted by Crippen LogP contribution is 2.46. The van der Waals surface area contributed by atoms with Crippen LogP contribution in [0.5, 0.6) is 0 Å². The van der Waals surface area contributed by atoms with E-state index in [4.69, 9.17) is 5.73 Å². The van der Waals surface area contributed by atoms with E-state index in [1.807, 2.05) is 0 Å². The van der Waals surface area contributed by atoms with Crippen LogP contribution in [0.2, 0.25) is 0 Å². The van der Waals surface area contributed by atoms with Crippen LogP contribution in [0.4, 0.5) is 5.69 Å². The maximum Gasteiger partial charge on any atom is 0.0364 e. The summed E-state index contributed by atoms with van der Waals surface area (Å²) in [5.74, 6) is 0. The molecule has 1 atom stereocenters. The number of rotatable bonds is 3. The molecule has 0 aromatic heterocycles. The Morgan fingerprint density at radius 1 is 1.28 bits per heavy atom. The Bertz CT molecular complexity index is 419. The molecule has 100 valence electrons. The van der Waals surface area contributed by atoms with Gasteiger partial charge in [0.25, 0.3) is 0 Å². The number of benzene rings is 1. The molecule has 0 fully saturated rings. The van der Waals surface area contributed by atoms with Crippen LogP contribution in [0.1, 0.15) is 56.7 Å². The smallest absolute Gasteiger partial charge is 0.0364 e. The van der Waals surface area contributed by atoms with Gasteiger partial charge >= 0.3 is 0 Å². The van der Waals surface area contributed by atoms with Crippen LogP contribution < -0.4 is 10.6 Å². The van der Waals surface area contributed by atoms with Gasteiger partial charge in [-0.15, -0.1) is 0 Å². The van der Waals surface area contributed by atoms with E-state index < -0.39 is 0 Å². The molecule has 2 rings (SSSR count). The first kappa shape index (κ1) is 13.4. The van der Waals surface area contributed by atoms with Crippen LogP contribution in [0.15, 0.2) is 18.2 Å². The van der Waals surface area contributed by atoms with Gasteiger partial charge in [0.05, 0.1) is 0 Å². The molecule has 0 aliphatic heterocycles. The molecular formula is C16H26N2. The van der Waals surface area contributed by atoms with Gasteiger partial charge in [0, 0.05) is 25.8 Å². The summed E-state index contributed by atoms with van der Waals surface area (Å²) in [4.78, 5) is 2.18. The molecule has 2 heteroatoms. The number of nitrogens with two attached hydrogens (primary N) is 1. The molecule has 0 amide bonds. The highest BCUT2D eigenvalue weighted by molar-refractivity contribution is 5.53. The number of hydrogen-bond donors (Lipinski definition) is 1. The summed E-state index contributed by atoms with van der Waals surface area (Å²) >= 11 is 0. The van der Waals surface area contributed by atoms with E-state index in [1.54, 1.807) is 0 Å². The van der Waals surface area contributed by atoms with Crippen LogP contribution >= 0.6 is 0 Å². The molecule has 0 saturated carbocycles. The monoisotopic (exact) mass is 246 g/mol. The molecule has 1 aromatic carbocycles. The summed E-state index contributed by atoms with van der Waals surface area (Å²) in [7, 11) is 4.20. The zero-order chi connectivity index (χ0) is 13.3. The number of nitrogens with zero attached hydrogens (tertiary/aromatic N) is 1. The second-order valence-electron chi connectivity index (χ2n) is 5.80. The Labute approximate surface area is 111 Å². The predicted molar refractivity (Wildman–Crippen MR) is 79.2 cm³/mol. The van der Waals surface area contributed by atoms with E-state index in [-0.39, 0.29) is 6.04 Å². The third-order valence-electron chi connectivity index (χ3n) is 4.81. The first-order valence-electron chi connectivity index (χ1n) is 7.11. The molecule has 1 aliphatic rings. The van der Waals surface area contributed by atoms with Crippen molar-refractivity contribution in [3.05, 3.63) is 29.3 Å². The molecule has 0 bridgehead atoms. The van der Waals surface area contributed by atoms with Crippen LogP contribution in [-0.2, 0) is 5.41 Å². The normalized spacial score (nSPS) is 21.5. The van der Waals surface area contributed by atoms with Gasteiger partial charge in [-0.25, -0.2) is 0 Å². The van der Waals surface area contributed by atoms with Crippen molar-refractivity contribution in [2.24, 2.45) is 5.73 Å². The van der Waals surface area contributed by atoms with Crippen LogP contribution in [0.25, 0.3) is 0 Å². The summed E-state index contributed by atoms with van der Waals surface area (Å²) in [6.45, 7) is 4.62. The summed E-state index contributed by atoms with van der Waals surface area (Å²) < 4.78 is 0. The third-order valence-corrected chi connectivity index (χ3v) is 4.81. The fraction of sp³-hybridized carbons (Fsp3) is 0.625. The van der Waals surface area contributed by atoms with Gasteiger partial charge in [-0.1, -0.05) is 19.9 Å². The van der Waals surface area contributed by atoms with Gasteiger partial charge in [-0.05, 0) is 54.4 Å². The summed E-state index contributed by atoms with van der Waals surface area (Å²) in [6, 6.07) is 7.03. The predicted octanol–water partition coefficient (Wildman–Crippen LogP) is 3.60. The van der Waals surface area contributed by atoms with Crippen molar-refractivity contribution in [1.29, 1.82) is 0 Å². The van der Waals surface area contributed by atoms with E-state index in [0.29, 0.717) is 5.41 Å². The van der Waals surface area contributed by atoms with Crippen molar-refractivity contribution in [2.45, 2.75) is 51.0 Å². The second kappa shape index (κ2) is 4.93. The minimum Gasteiger partial charge on any atom is -0.378 e. The molecule has 0 heterocycles. The zero-order valence-corrected chi connectivity index (χ0v) is 12.2. The SMILES string of the molecule is CCC1(CC)CCC(N)c2ccc(N(C)C)cc21. The van der Waals surface area contributed by atoms with Gasteiger partial charge in [0.2, 0.25) is 0 Å². The Kier molecular flexibility index (Phi) is 3.67. The van der Waals surface area contributed by atoms with Gasteiger partial charge in [-0.2, -0.15) is 0 Å². The third kappa shape index (κ3) is 2.03. The van der Waals surface area contributed by atoms with E-state index in [0.717, 1.165) is 6.42 Å². The van der Waals surface area contributed by atoms with Gasteiger partial charge in [-0.3, -0.25) is 0 Å². The summed E-state index contributed by atoms with van der Waals surface area (Å²) in [5.41, 5.74) is 10.8. The van der Waals surface area contributed by atoms with E-state index >= 15 is 0 Å². The lowest BCUT2D eigenvalue weighted by Gasteiger charge is -2.41. The van der Waals surface area contributed by atoms with Crippen LogP contribution in [0.3, 0.4) is 0 Å². The molecule has 1 aromatic rings. The molecule has 18 heavy (non-hydrogen) atoms. The first-order valence-corrected chi connectivity index (χ1v) is 7.11. The summed E-state index contributed by atoms with van der Waals surface area (Å²) in [6.07, 6.45) is 4.77. The van der Waals surface area contributed by atoms with E-state index in [1.165, 1.54) is 36.1 Å². The first-order chi connectivity index (χ1) is 8.54. The Hall–Kier alpha value is -1.02. The molecule has 1 unspecified atom stereocenters. The van der Waals surface area contributed by atoms with Crippen LogP contribution in [0, 0.1) is 0 Å². The highest BCUT2D eigenvalue weighted by atomic mass is 15.1. The van der Waals surface area contributed by atoms with Crippen molar-refractivity contribution in [1.82, 2.24) is 0 Å². The molecule has 2 nitrogen and oxygen atoms in total. The lowest BCUT2D eigenvalue weighted by Crippen LogP contribution is -2.34. The quantitative estimate of drug-likeness (QED) is 0.883. The lowest BCUT2D eigenvalue weighted by atomic mass is 9.65. The second-order valence-corrected chi connectivity index (χ2v) is 5.80. The van der Waals surface area contributed by atoms with E-state index in [2.05, 4.69) is 51.0 Å². The molecule has 0 saturated heterocycles. The average molecular weight is 246 g/mol. The Balaban J connectivity index is 2.56. The van der Waals surface area contributed by atoms with Gasteiger partial charge in [0.15, 0.2) is 0 Å². The molecule has 0 radical (unpaired) electrons.